The SMILES string of the molecule is Cc1ccc(-c2nc(CCOc3cccc4c3CCC=C4CCC(=O)O)c(C)s2)cn1.Cl. The van der Waals surface area contributed by atoms with Gasteiger partial charge in [0.05, 0.1) is 12.3 Å². The van der Waals surface area contributed by atoms with E-state index in [0.29, 0.717) is 13.0 Å². The van der Waals surface area contributed by atoms with E-state index in [9.17, 15) is 4.79 Å². The van der Waals surface area contributed by atoms with E-state index in [0.717, 1.165) is 58.1 Å². The van der Waals surface area contributed by atoms with Crippen LogP contribution in [-0.4, -0.2) is 27.7 Å². The zero-order valence-electron chi connectivity index (χ0n) is 18.3. The highest BCUT2D eigenvalue weighted by Crippen LogP contribution is 2.35. The Morgan fingerprint density at radius 2 is 2.03 bits per heavy atom. The maximum Gasteiger partial charge on any atom is 0.303 e. The number of fused-ring (bicyclic) bond motifs is 1. The molecule has 1 N–H and O–H groups in total. The van der Waals surface area contributed by atoms with Crippen LogP contribution in [0, 0.1) is 13.8 Å². The number of rotatable bonds is 8. The van der Waals surface area contributed by atoms with Crippen molar-refractivity contribution in [1.29, 1.82) is 0 Å². The Morgan fingerprint density at radius 1 is 1.19 bits per heavy atom. The Morgan fingerprint density at radius 3 is 2.78 bits per heavy atom. The summed E-state index contributed by atoms with van der Waals surface area (Å²) in [6.07, 6.45) is 7.32. The lowest BCUT2D eigenvalue weighted by molar-refractivity contribution is -0.136. The molecule has 5 nitrogen and oxygen atoms in total. The second-order valence-corrected chi connectivity index (χ2v) is 8.96. The normalized spacial score (nSPS) is 12.5. The van der Waals surface area contributed by atoms with Crippen LogP contribution in [0.1, 0.15) is 46.7 Å². The number of aryl methyl sites for hydroxylation is 2. The van der Waals surface area contributed by atoms with Gasteiger partial charge in [-0.15, -0.1) is 23.7 Å². The topological polar surface area (TPSA) is 72.3 Å². The van der Waals surface area contributed by atoms with Crippen LogP contribution in [0.15, 0.2) is 42.6 Å². The average molecular weight is 471 g/mol. The molecule has 2 heterocycles. The predicted octanol–water partition coefficient (Wildman–Crippen LogP) is 6.06. The van der Waals surface area contributed by atoms with Crippen LogP contribution in [0.3, 0.4) is 0 Å². The number of halogens is 1. The third kappa shape index (κ3) is 5.56. The van der Waals surface area contributed by atoms with E-state index in [1.54, 1.807) is 11.3 Å². The molecule has 2 aromatic heterocycles. The Kier molecular flexibility index (Phi) is 8.04. The molecular formula is C25H27ClN2O3S. The molecule has 0 aliphatic heterocycles. The van der Waals surface area contributed by atoms with Gasteiger partial charge in [-0.1, -0.05) is 18.2 Å². The second kappa shape index (κ2) is 10.7. The number of aromatic nitrogens is 2. The largest absolute Gasteiger partial charge is 0.493 e. The van der Waals surface area contributed by atoms with Crippen LogP contribution < -0.4 is 4.74 Å². The van der Waals surface area contributed by atoms with Crippen molar-refractivity contribution in [2.75, 3.05) is 6.61 Å². The number of pyridine rings is 1. The fourth-order valence-electron chi connectivity index (χ4n) is 3.87. The minimum atomic E-state index is -0.764. The van der Waals surface area contributed by atoms with Crippen molar-refractivity contribution in [1.82, 2.24) is 9.97 Å². The van der Waals surface area contributed by atoms with Crippen molar-refractivity contribution in [2.45, 2.75) is 46.0 Å². The van der Waals surface area contributed by atoms with E-state index in [-0.39, 0.29) is 18.8 Å². The predicted molar refractivity (Wildman–Crippen MR) is 131 cm³/mol. The molecule has 4 rings (SSSR count). The minimum absolute atomic E-state index is 0. The maximum atomic E-state index is 11.0. The number of thiazole rings is 1. The molecule has 3 aromatic rings. The maximum absolute atomic E-state index is 11.0. The number of hydrogen-bond acceptors (Lipinski definition) is 5. The highest BCUT2D eigenvalue weighted by atomic mass is 35.5. The molecule has 0 saturated heterocycles. The fourth-order valence-corrected chi connectivity index (χ4v) is 4.82. The van der Waals surface area contributed by atoms with Gasteiger partial charge in [-0.05, 0) is 62.4 Å². The van der Waals surface area contributed by atoms with Crippen LogP contribution in [0.25, 0.3) is 16.1 Å². The van der Waals surface area contributed by atoms with E-state index in [4.69, 9.17) is 14.8 Å². The number of nitrogens with zero attached hydrogens (tertiary/aromatic N) is 2. The van der Waals surface area contributed by atoms with Crippen LogP contribution >= 0.6 is 23.7 Å². The molecule has 0 spiro atoms. The van der Waals surface area contributed by atoms with Crippen molar-refractivity contribution in [3.05, 3.63) is 70.0 Å². The van der Waals surface area contributed by atoms with Gasteiger partial charge in [-0.25, -0.2) is 4.98 Å². The first-order valence-corrected chi connectivity index (χ1v) is 11.4. The zero-order valence-corrected chi connectivity index (χ0v) is 19.9. The van der Waals surface area contributed by atoms with Crippen molar-refractivity contribution in [3.63, 3.8) is 0 Å². The molecule has 7 heteroatoms. The Hall–Kier alpha value is -2.70. The highest BCUT2D eigenvalue weighted by molar-refractivity contribution is 7.15. The third-order valence-corrected chi connectivity index (χ3v) is 6.58. The van der Waals surface area contributed by atoms with Gasteiger partial charge in [0.1, 0.15) is 10.8 Å². The molecule has 0 radical (unpaired) electrons. The van der Waals surface area contributed by atoms with Gasteiger partial charge in [-0.3, -0.25) is 9.78 Å². The number of carbonyl (C=O) groups is 1. The molecule has 0 atom stereocenters. The molecule has 0 unspecified atom stereocenters. The summed E-state index contributed by atoms with van der Waals surface area (Å²) in [6, 6.07) is 10.1. The van der Waals surface area contributed by atoms with Crippen LogP contribution in [0.2, 0.25) is 0 Å². The summed E-state index contributed by atoms with van der Waals surface area (Å²) in [6.45, 7) is 4.63. The van der Waals surface area contributed by atoms with Crippen molar-refractivity contribution < 1.29 is 14.6 Å². The van der Waals surface area contributed by atoms with Gasteiger partial charge < -0.3 is 9.84 Å². The molecule has 0 fully saturated rings. The summed E-state index contributed by atoms with van der Waals surface area (Å²) in [4.78, 5) is 21.4. The van der Waals surface area contributed by atoms with Gasteiger partial charge in [0, 0.05) is 40.7 Å². The first-order valence-electron chi connectivity index (χ1n) is 10.6. The molecule has 168 valence electrons. The number of ether oxygens (including phenoxy) is 1. The summed E-state index contributed by atoms with van der Waals surface area (Å²) in [5.74, 6) is 0.133. The molecule has 32 heavy (non-hydrogen) atoms. The molecule has 0 amide bonds. The monoisotopic (exact) mass is 470 g/mol. The van der Waals surface area contributed by atoms with E-state index < -0.39 is 5.97 Å². The van der Waals surface area contributed by atoms with Crippen LogP contribution in [-0.2, 0) is 17.6 Å². The summed E-state index contributed by atoms with van der Waals surface area (Å²) in [7, 11) is 0. The first-order chi connectivity index (χ1) is 15.0. The summed E-state index contributed by atoms with van der Waals surface area (Å²) >= 11 is 1.69. The standard InChI is InChI=1S/C25H26N2O3S.ClH/c1-16-9-10-19(15-26-16)25-27-22(17(2)31-25)13-14-30-23-8-4-6-20-18(11-12-24(28)29)5-3-7-21(20)23;/h4-6,8-10,15H,3,7,11-14H2,1-2H3,(H,28,29);1H. The lowest BCUT2D eigenvalue weighted by Gasteiger charge is -2.21. The summed E-state index contributed by atoms with van der Waals surface area (Å²) in [5, 5.41) is 10.0. The Labute approximate surface area is 198 Å². The molecule has 1 aliphatic rings. The summed E-state index contributed by atoms with van der Waals surface area (Å²) in [5.41, 5.74) is 6.53. The molecule has 0 bridgehead atoms. The molecule has 1 aliphatic carbocycles. The smallest absolute Gasteiger partial charge is 0.303 e. The number of aliphatic carboxylic acids is 1. The third-order valence-electron chi connectivity index (χ3n) is 5.52. The summed E-state index contributed by atoms with van der Waals surface area (Å²) < 4.78 is 6.18. The Bertz CT molecular complexity index is 1120. The van der Waals surface area contributed by atoms with Crippen LogP contribution in [0.4, 0.5) is 0 Å². The van der Waals surface area contributed by atoms with E-state index in [2.05, 4.69) is 30.1 Å². The lowest BCUT2D eigenvalue weighted by atomic mass is 9.88. The molecule has 0 saturated carbocycles. The van der Waals surface area contributed by atoms with Crippen molar-refractivity contribution >= 4 is 35.3 Å². The van der Waals surface area contributed by atoms with Crippen molar-refractivity contribution in [2.24, 2.45) is 0 Å². The van der Waals surface area contributed by atoms with Gasteiger partial charge in [0.25, 0.3) is 0 Å². The van der Waals surface area contributed by atoms with Gasteiger partial charge in [-0.2, -0.15) is 0 Å². The van der Waals surface area contributed by atoms with E-state index in [1.165, 1.54) is 10.4 Å². The molecule has 1 aromatic carbocycles. The fraction of sp³-hybridized carbons (Fsp3) is 0.320. The number of carboxylic acids is 1. The lowest BCUT2D eigenvalue weighted by Crippen LogP contribution is -2.08. The molecular weight excluding hydrogens is 444 g/mol. The number of hydrogen-bond donors (Lipinski definition) is 1. The quantitative estimate of drug-likeness (QED) is 0.433. The van der Waals surface area contributed by atoms with E-state index >= 15 is 0 Å². The van der Waals surface area contributed by atoms with Gasteiger partial charge in [0.2, 0.25) is 0 Å². The first kappa shape index (κ1) is 24.0. The number of carboxylic acid groups (broad SMARTS) is 1. The average Bonchev–Trinajstić information content (AvgIpc) is 3.13. The zero-order chi connectivity index (χ0) is 21.8. The second-order valence-electron chi connectivity index (χ2n) is 7.75. The van der Waals surface area contributed by atoms with Crippen LogP contribution in [0.5, 0.6) is 5.75 Å². The van der Waals surface area contributed by atoms with Gasteiger partial charge in [0.15, 0.2) is 0 Å². The highest BCUT2D eigenvalue weighted by Gasteiger charge is 2.18. The van der Waals surface area contributed by atoms with E-state index in [1.807, 2.05) is 31.3 Å². The van der Waals surface area contributed by atoms with Gasteiger partial charge >= 0.3 is 5.97 Å². The van der Waals surface area contributed by atoms with Crippen molar-refractivity contribution in [3.8, 4) is 16.3 Å². The Balaban J connectivity index is 0.00000289. The minimum Gasteiger partial charge on any atom is -0.493 e. The number of benzene rings is 1. The number of allylic oxidation sites excluding steroid dienone is 2.